The molecule has 0 saturated heterocycles. The molecular formula is C16H26N2. The minimum absolute atomic E-state index is 0.134. The van der Waals surface area contributed by atoms with E-state index in [1.54, 1.807) is 0 Å². The number of benzene rings is 1. The van der Waals surface area contributed by atoms with Crippen LogP contribution in [0.1, 0.15) is 49.8 Å². The Balaban J connectivity index is 1.88. The maximum atomic E-state index is 6.28. The van der Waals surface area contributed by atoms with Crippen molar-refractivity contribution in [3.63, 3.8) is 0 Å². The molecule has 2 rings (SSSR count). The standard InChI is InChI=1S/C16H26N2/c1-12(2)14-6-8-15(9-7-14)16(17)11-18(3)10-13-4-5-13/h6-9,12-13,16H,4-5,10-11,17H2,1-3H3. The van der Waals surface area contributed by atoms with Crippen LogP contribution in [0, 0.1) is 5.92 Å². The lowest BCUT2D eigenvalue weighted by molar-refractivity contribution is 0.300. The van der Waals surface area contributed by atoms with E-state index in [9.17, 15) is 0 Å². The molecule has 1 unspecified atom stereocenters. The summed E-state index contributed by atoms with van der Waals surface area (Å²) in [5, 5.41) is 0. The molecule has 1 aliphatic rings. The minimum atomic E-state index is 0.134. The van der Waals surface area contributed by atoms with Crippen LogP contribution in [-0.4, -0.2) is 25.0 Å². The molecule has 1 fully saturated rings. The molecule has 0 bridgehead atoms. The lowest BCUT2D eigenvalue weighted by atomic mass is 9.99. The normalized spacial score (nSPS) is 17.4. The van der Waals surface area contributed by atoms with Crippen LogP contribution in [0.5, 0.6) is 0 Å². The zero-order valence-corrected chi connectivity index (χ0v) is 11.9. The monoisotopic (exact) mass is 246 g/mol. The van der Waals surface area contributed by atoms with E-state index in [0.717, 1.165) is 12.5 Å². The van der Waals surface area contributed by atoms with Crippen molar-refractivity contribution in [1.29, 1.82) is 0 Å². The summed E-state index contributed by atoms with van der Waals surface area (Å²) >= 11 is 0. The van der Waals surface area contributed by atoms with Gasteiger partial charge in [0.1, 0.15) is 0 Å². The van der Waals surface area contributed by atoms with Crippen LogP contribution in [0.2, 0.25) is 0 Å². The molecule has 18 heavy (non-hydrogen) atoms. The third-order valence-corrected chi connectivity index (χ3v) is 3.81. The van der Waals surface area contributed by atoms with Gasteiger partial charge in [0, 0.05) is 19.1 Å². The molecule has 0 amide bonds. The Hall–Kier alpha value is -0.860. The van der Waals surface area contributed by atoms with Crippen LogP contribution in [0.3, 0.4) is 0 Å². The Bertz CT molecular complexity index is 365. The number of nitrogens with zero attached hydrogens (tertiary/aromatic N) is 1. The number of likely N-dealkylation sites (N-methyl/N-ethyl adjacent to an activating group) is 1. The van der Waals surface area contributed by atoms with E-state index in [1.807, 2.05) is 0 Å². The summed E-state index contributed by atoms with van der Waals surface area (Å²) in [5.41, 5.74) is 8.91. The van der Waals surface area contributed by atoms with Gasteiger partial charge >= 0.3 is 0 Å². The van der Waals surface area contributed by atoms with E-state index < -0.39 is 0 Å². The first kappa shape index (κ1) is 13.6. The molecular weight excluding hydrogens is 220 g/mol. The molecule has 2 nitrogen and oxygen atoms in total. The summed E-state index contributed by atoms with van der Waals surface area (Å²) in [7, 11) is 2.18. The van der Waals surface area contributed by atoms with E-state index in [4.69, 9.17) is 5.73 Å². The second-order valence-corrected chi connectivity index (χ2v) is 6.09. The third kappa shape index (κ3) is 3.82. The van der Waals surface area contributed by atoms with Crippen LogP contribution in [-0.2, 0) is 0 Å². The fraction of sp³-hybridized carbons (Fsp3) is 0.625. The molecule has 1 aliphatic carbocycles. The molecule has 2 N–H and O–H groups in total. The van der Waals surface area contributed by atoms with E-state index in [2.05, 4.69) is 50.1 Å². The highest BCUT2D eigenvalue weighted by Gasteiger charge is 2.23. The Morgan fingerprint density at radius 2 is 1.72 bits per heavy atom. The second-order valence-electron chi connectivity index (χ2n) is 6.09. The molecule has 1 atom stereocenters. The zero-order chi connectivity index (χ0) is 13.1. The molecule has 1 saturated carbocycles. The Kier molecular flexibility index (Phi) is 4.41. The Morgan fingerprint density at radius 1 is 1.17 bits per heavy atom. The molecule has 1 aromatic rings. The maximum Gasteiger partial charge on any atom is 0.0424 e. The van der Waals surface area contributed by atoms with Crippen molar-refractivity contribution < 1.29 is 0 Å². The zero-order valence-electron chi connectivity index (χ0n) is 11.9. The van der Waals surface area contributed by atoms with Crippen LogP contribution in [0.4, 0.5) is 0 Å². The topological polar surface area (TPSA) is 29.3 Å². The molecule has 100 valence electrons. The van der Waals surface area contributed by atoms with E-state index in [0.29, 0.717) is 5.92 Å². The van der Waals surface area contributed by atoms with Crippen molar-refractivity contribution >= 4 is 0 Å². The van der Waals surface area contributed by atoms with Gasteiger partial charge in [0.25, 0.3) is 0 Å². The van der Waals surface area contributed by atoms with Crippen molar-refractivity contribution in [1.82, 2.24) is 4.90 Å². The maximum absolute atomic E-state index is 6.28. The fourth-order valence-electron chi connectivity index (χ4n) is 2.39. The number of rotatable bonds is 6. The molecule has 1 aromatic carbocycles. The van der Waals surface area contributed by atoms with Gasteiger partial charge < -0.3 is 10.6 Å². The third-order valence-electron chi connectivity index (χ3n) is 3.81. The highest BCUT2D eigenvalue weighted by molar-refractivity contribution is 5.26. The van der Waals surface area contributed by atoms with Gasteiger partial charge in [-0.05, 0) is 42.9 Å². The van der Waals surface area contributed by atoms with Crippen molar-refractivity contribution in [3.8, 4) is 0 Å². The minimum Gasteiger partial charge on any atom is -0.323 e. The summed E-state index contributed by atoms with van der Waals surface area (Å²) in [5.74, 6) is 1.53. The van der Waals surface area contributed by atoms with Gasteiger partial charge in [-0.15, -0.1) is 0 Å². The molecule has 0 radical (unpaired) electrons. The van der Waals surface area contributed by atoms with Gasteiger partial charge in [-0.25, -0.2) is 0 Å². The van der Waals surface area contributed by atoms with Crippen molar-refractivity contribution in [2.24, 2.45) is 11.7 Å². The van der Waals surface area contributed by atoms with Crippen molar-refractivity contribution in [3.05, 3.63) is 35.4 Å². The average Bonchev–Trinajstić information content (AvgIpc) is 3.12. The number of hydrogen-bond acceptors (Lipinski definition) is 2. The van der Waals surface area contributed by atoms with Crippen LogP contribution in [0.15, 0.2) is 24.3 Å². The lowest BCUT2D eigenvalue weighted by Gasteiger charge is -2.21. The van der Waals surface area contributed by atoms with Gasteiger partial charge in [-0.1, -0.05) is 38.1 Å². The van der Waals surface area contributed by atoms with E-state index in [1.165, 1.54) is 30.5 Å². The summed E-state index contributed by atoms with van der Waals surface area (Å²) in [4.78, 5) is 2.37. The highest BCUT2D eigenvalue weighted by atomic mass is 15.1. The van der Waals surface area contributed by atoms with Crippen LogP contribution in [0.25, 0.3) is 0 Å². The SMILES string of the molecule is CC(C)c1ccc(C(N)CN(C)CC2CC2)cc1. The van der Waals surface area contributed by atoms with Crippen LogP contribution < -0.4 is 5.73 Å². The molecule has 0 aromatic heterocycles. The summed E-state index contributed by atoms with van der Waals surface area (Å²) in [6, 6.07) is 8.92. The smallest absolute Gasteiger partial charge is 0.0424 e. The van der Waals surface area contributed by atoms with E-state index >= 15 is 0 Å². The molecule has 0 heterocycles. The molecule has 0 aliphatic heterocycles. The highest BCUT2D eigenvalue weighted by Crippen LogP contribution is 2.29. The van der Waals surface area contributed by atoms with Crippen molar-refractivity contribution in [2.45, 2.75) is 38.6 Å². The predicted octanol–water partition coefficient (Wildman–Crippen LogP) is 3.15. The fourth-order valence-corrected chi connectivity index (χ4v) is 2.39. The first-order valence-corrected chi connectivity index (χ1v) is 7.10. The second kappa shape index (κ2) is 5.85. The number of nitrogens with two attached hydrogens (primary N) is 1. The largest absolute Gasteiger partial charge is 0.323 e. The molecule has 0 spiro atoms. The summed E-state index contributed by atoms with van der Waals surface area (Å²) in [6.45, 7) is 6.60. The average molecular weight is 246 g/mol. The Labute approximate surface area is 111 Å². The van der Waals surface area contributed by atoms with Gasteiger partial charge in [-0.2, -0.15) is 0 Å². The number of hydrogen-bond donors (Lipinski definition) is 1. The predicted molar refractivity (Wildman–Crippen MR) is 77.7 cm³/mol. The van der Waals surface area contributed by atoms with E-state index in [-0.39, 0.29) is 6.04 Å². The van der Waals surface area contributed by atoms with Crippen LogP contribution >= 0.6 is 0 Å². The van der Waals surface area contributed by atoms with Gasteiger partial charge in [0.15, 0.2) is 0 Å². The quantitative estimate of drug-likeness (QED) is 0.835. The first-order valence-electron chi connectivity index (χ1n) is 7.10. The van der Waals surface area contributed by atoms with Crippen molar-refractivity contribution in [2.75, 3.05) is 20.1 Å². The van der Waals surface area contributed by atoms with Gasteiger partial charge in [0.2, 0.25) is 0 Å². The lowest BCUT2D eigenvalue weighted by Crippen LogP contribution is -2.30. The first-order chi connectivity index (χ1) is 8.56. The molecule has 2 heteroatoms. The Morgan fingerprint density at radius 3 is 2.22 bits per heavy atom. The summed E-state index contributed by atoms with van der Waals surface area (Å²) in [6.07, 6.45) is 2.81. The summed E-state index contributed by atoms with van der Waals surface area (Å²) < 4.78 is 0. The van der Waals surface area contributed by atoms with Gasteiger partial charge in [-0.3, -0.25) is 0 Å². The van der Waals surface area contributed by atoms with Gasteiger partial charge in [0.05, 0.1) is 0 Å².